The molecule has 0 fully saturated rings. The van der Waals surface area contributed by atoms with Gasteiger partial charge in [0.1, 0.15) is 23.1 Å². The first kappa shape index (κ1) is 12.8. The zero-order valence-electron chi connectivity index (χ0n) is 11.0. The summed E-state index contributed by atoms with van der Waals surface area (Å²) in [6.45, 7) is 3.28. The van der Waals surface area contributed by atoms with Crippen molar-refractivity contribution >= 4 is 27.4 Å². The molecule has 102 valence electrons. The quantitative estimate of drug-likeness (QED) is 0.781. The van der Waals surface area contributed by atoms with Gasteiger partial charge < -0.3 is 10.1 Å². The summed E-state index contributed by atoms with van der Waals surface area (Å²) in [6, 6.07) is 9.76. The Morgan fingerprint density at radius 3 is 3.10 bits per heavy atom. The molecule has 3 aromatic rings. The van der Waals surface area contributed by atoms with Gasteiger partial charge in [-0.15, -0.1) is 5.10 Å². The van der Waals surface area contributed by atoms with Crippen LogP contribution in [0.1, 0.15) is 12.6 Å². The Morgan fingerprint density at radius 2 is 2.20 bits per heavy atom. The predicted molar refractivity (Wildman–Crippen MR) is 80.1 cm³/mol. The third-order valence-electron chi connectivity index (χ3n) is 2.86. The number of pyridine rings is 1. The number of ether oxygens (including phenoxy) is 1. The lowest BCUT2D eigenvalue weighted by molar-refractivity contribution is 0.305. The van der Waals surface area contributed by atoms with Crippen LogP contribution in [0.4, 0.5) is 5.00 Å². The van der Waals surface area contributed by atoms with Crippen LogP contribution in [0.15, 0.2) is 36.5 Å². The van der Waals surface area contributed by atoms with E-state index in [9.17, 15) is 0 Å². The molecule has 0 bridgehead atoms. The van der Waals surface area contributed by atoms with E-state index in [1.54, 1.807) is 6.20 Å². The Morgan fingerprint density at radius 1 is 1.25 bits per heavy atom. The molecule has 0 radical (unpaired) electrons. The standard InChI is InChI=1S/C14H14N4OS/c1-2-15-14-12(17-18-20-14)9-19-13-7-3-6-11-10(13)5-4-8-16-11/h3-8,15H,2,9H2,1H3. The van der Waals surface area contributed by atoms with Crippen molar-refractivity contribution < 1.29 is 4.74 Å². The van der Waals surface area contributed by atoms with E-state index >= 15 is 0 Å². The van der Waals surface area contributed by atoms with E-state index in [1.165, 1.54) is 11.5 Å². The second-order valence-corrected chi connectivity index (χ2v) is 4.95. The molecule has 0 saturated carbocycles. The van der Waals surface area contributed by atoms with Gasteiger partial charge in [-0.3, -0.25) is 4.98 Å². The highest BCUT2D eigenvalue weighted by atomic mass is 32.1. The number of anilines is 1. The number of hydrogen-bond acceptors (Lipinski definition) is 6. The number of nitrogens with zero attached hydrogens (tertiary/aromatic N) is 3. The third-order valence-corrected chi connectivity index (χ3v) is 3.59. The Bertz CT molecular complexity index is 708. The zero-order chi connectivity index (χ0) is 13.8. The molecular formula is C14H14N4OS. The molecule has 5 nitrogen and oxygen atoms in total. The number of aromatic nitrogens is 3. The van der Waals surface area contributed by atoms with Crippen LogP contribution in [-0.4, -0.2) is 21.1 Å². The largest absolute Gasteiger partial charge is 0.486 e. The molecule has 2 aromatic heterocycles. The summed E-state index contributed by atoms with van der Waals surface area (Å²) >= 11 is 1.35. The van der Waals surface area contributed by atoms with Crippen LogP contribution in [0.3, 0.4) is 0 Å². The number of hydrogen-bond donors (Lipinski definition) is 1. The molecular weight excluding hydrogens is 272 g/mol. The Balaban J connectivity index is 1.81. The van der Waals surface area contributed by atoms with Crippen LogP contribution in [0.5, 0.6) is 5.75 Å². The van der Waals surface area contributed by atoms with E-state index in [1.807, 2.05) is 37.3 Å². The second-order valence-electron chi connectivity index (χ2n) is 4.19. The third kappa shape index (κ3) is 2.55. The smallest absolute Gasteiger partial charge is 0.136 e. The van der Waals surface area contributed by atoms with Gasteiger partial charge in [0.05, 0.1) is 5.52 Å². The highest BCUT2D eigenvalue weighted by Crippen LogP contribution is 2.26. The Hall–Kier alpha value is -2.21. The fourth-order valence-electron chi connectivity index (χ4n) is 1.94. The molecule has 0 saturated heterocycles. The van der Waals surface area contributed by atoms with Crippen molar-refractivity contribution in [2.75, 3.05) is 11.9 Å². The van der Waals surface area contributed by atoms with Crippen molar-refractivity contribution in [1.82, 2.24) is 14.6 Å². The van der Waals surface area contributed by atoms with E-state index in [0.29, 0.717) is 6.61 Å². The van der Waals surface area contributed by atoms with E-state index in [-0.39, 0.29) is 0 Å². The topological polar surface area (TPSA) is 59.9 Å². The molecule has 2 heterocycles. The normalized spacial score (nSPS) is 10.7. The van der Waals surface area contributed by atoms with Crippen molar-refractivity contribution in [3.05, 3.63) is 42.2 Å². The van der Waals surface area contributed by atoms with Crippen molar-refractivity contribution in [2.24, 2.45) is 0 Å². The predicted octanol–water partition coefficient (Wildman–Crippen LogP) is 3.10. The van der Waals surface area contributed by atoms with Crippen molar-refractivity contribution in [3.8, 4) is 5.75 Å². The maximum Gasteiger partial charge on any atom is 0.136 e. The molecule has 0 unspecified atom stereocenters. The van der Waals surface area contributed by atoms with Gasteiger partial charge in [-0.1, -0.05) is 10.6 Å². The van der Waals surface area contributed by atoms with Gasteiger partial charge >= 0.3 is 0 Å². The van der Waals surface area contributed by atoms with Crippen molar-refractivity contribution in [1.29, 1.82) is 0 Å². The summed E-state index contributed by atoms with van der Waals surface area (Å²) in [7, 11) is 0. The molecule has 3 rings (SSSR count). The number of benzene rings is 1. The van der Waals surface area contributed by atoms with E-state index in [2.05, 4.69) is 19.9 Å². The van der Waals surface area contributed by atoms with Gasteiger partial charge in [0.25, 0.3) is 0 Å². The van der Waals surface area contributed by atoms with E-state index in [0.717, 1.165) is 33.9 Å². The minimum Gasteiger partial charge on any atom is -0.486 e. The lowest BCUT2D eigenvalue weighted by atomic mass is 10.2. The van der Waals surface area contributed by atoms with Gasteiger partial charge in [0, 0.05) is 29.7 Å². The molecule has 0 aliphatic carbocycles. The van der Waals surface area contributed by atoms with Crippen LogP contribution in [0.25, 0.3) is 10.9 Å². The second kappa shape index (κ2) is 5.83. The van der Waals surface area contributed by atoms with Crippen molar-refractivity contribution in [3.63, 3.8) is 0 Å². The maximum absolute atomic E-state index is 5.87. The lowest BCUT2D eigenvalue weighted by Crippen LogP contribution is -2.02. The van der Waals surface area contributed by atoms with Gasteiger partial charge in [-0.2, -0.15) is 0 Å². The molecule has 0 spiro atoms. The molecule has 1 N–H and O–H groups in total. The van der Waals surface area contributed by atoms with E-state index < -0.39 is 0 Å². The first-order valence-electron chi connectivity index (χ1n) is 6.40. The monoisotopic (exact) mass is 286 g/mol. The maximum atomic E-state index is 5.87. The molecule has 0 aliphatic rings. The minimum atomic E-state index is 0.396. The first-order chi connectivity index (χ1) is 9.88. The fourth-order valence-corrected chi connectivity index (χ4v) is 2.58. The Labute approximate surface area is 120 Å². The zero-order valence-corrected chi connectivity index (χ0v) is 11.9. The highest BCUT2D eigenvalue weighted by molar-refractivity contribution is 7.10. The van der Waals surface area contributed by atoms with Gasteiger partial charge in [-0.05, 0) is 31.2 Å². The molecule has 0 atom stereocenters. The average Bonchev–Trinajstić information content (AvgIpc) is 2.93. The molecule has 6 heteroatoms. The van der Waals surface area contributed by atoms with Crippen LogP contribution in [-0.2, 0) is 6.61 Å². The number of fused-ring (bicyclic) bond motifs is 1. The highest BCUT2D eigenvalue weighted by Gasteiger charge is 2.09. The summed E-state index contributed by atoms with van der Waals surface area (Å²) in [5, 5.41) is 9.29. The van der Waals surface area contributed by atoms with Crippen LogP contribution in [0, 0.1) is 0 Å². The van der Waals surface area contributed by atoms with Crippen molar-refractivity contribution in [2.45, 2.75) is 13.5 Å². The van der Waals surface area contributed by atoms with E-state index in [4.69, 9.17) is 4.74 Å². The molecule has 1 aromatic carbocycles. The van der Waals surface area contributed by atoms with Crippen LogP contribution >= 0.6 is 11.5 Å². The molecule has 0 aliphatic heterocycles. The van der Waals surface area contributed by atoms with Gasteiger partial charge in [-0.25, -0.2) is 0 Å². The van der Waals surface area contributed by atoms with Crippen LogP contribution in [0.2, 0.25) is 0 Å². The fraction of sp³-hybridized carbons (Fsp3) is 0.214. The first-order valence-corrected chi connectivity index (χ1v) is 7.17. The van der Waals surface area contributed by atoms with Gasteiger partial charge in [0.15, 0.2) is 0 Å². The SMILES string of the molecule is CCNc1snnc1COc1cccc2ncccc12. The average molecular weight is 286 g/mol. The van der Waals surface area contributed by atoms with Gasteiger partial charge in [0.2, 0.25) is 0 Å². The summed E-state index contributed by atoms with van der Waals surface area (Å²) in [5.41, 5.74) is 1.76. The molecule has 20 heavy (non-hydrogen) atoms. The lowest BCUT2D eigenvalue weighted by Gasteiger charge is -2.08. The number of rotatable bonds is 5. The summed E-state index contributed by atoms with van der Waals surface area (Å²) < 4.78 is 9.83. The number of nitrogens with one attached hydrogen (secondary N) is 1. The summed E-state index contributed by atoms with van der Waals surface area (Å²) in [5.74, 6) is 0.811. The van der Waals surface area contributed by atoms with Crippen LogP contribution < -0.4 is 10.1 Å². The molecule has 0 amide bonds. The summed E-state index contributed by atoms with van der Waals surface area (Å²) in [4.78, 5) is 4.32. The Kier molecular flexibility index (Phi) is 3.73. The minimum absolute atomic E-state index is 0.396. The summed E-state index contributed by atoms with van der Waals surface area (Å²) in [6.07, 6.45) is 1.78.